The number of hydrogen-bond donors (Lipinski definition) is 0. The Morgan fingerprint density at radius 2 is 1.81 bits per heavy atom. The van der Waals surface area contributed by atoms with Gasteiger partial charge in [0.15, 0.2) is 11.5 Å². The van der Waals surface area contributed by atoms with Gasteiger partial charge in [0.2, 0.25) is 0 Å². The molecule has 0 N–H and O–H groups in total. The average Bonchev–Trinajstić information content (AvgIpc) is 2.82. The number of nitrogens with zero attached hydrogens (tertiary/aromatic N) is 2. The maximum atomic E-state index is 5.63. The molecule has 0 unspecified atom stereocenters. The van der Waals surface area contributed by atoms with Crippen LogP contribution in [0.1, 0.15) is 74.6 Å². The van der Waals surface area contributed by atoms with E-state index < -0.39 is 0 Å². The van der Waals surface area contributed by atoms with Gasteiger partial charge in [-0.3, -0.25) is 4.99 Å². The predicted molar refractivity (Wildman–Crippen MR) is 130 cm³/mol. The highest BCUT2D eigenvalue weighted by atomic mass is 16.6. The Hall–Kier alpha value is -2.82. The normalized spacial score (nSPS) is 20.3. The molecule has 0 amide bonds. The van der Waals surface area contributed by atoms with Gasteiger partial charge >= 0.3 is 0 Å². The number of ether oxygens (including phenoxy) is 2. The highest BCUT2D eigenvalue weighted by Gasteiger charge is 2.34. The molecule has 0 saturated heterocycles. The van der Waals surface area contributed by atoms with Crippen LogP contribution >= 0.6 is 0 Å². The Bertz CT molecular complexity index is 1030. The van der Waals surface area contributed by atoms with Crippen molar-refractivity contribution in [3.63, 3.8) is 0 Å². The number of hydrogen-bond acceptors (Lipinski definition) is 5. The molecule has 0 spiro atoms. The van der Waals surface area contributed by atoms with Crippen molar-refractivity contribution in [2.75, 3.05) is 20.8 Å². The fraction of sp³-hybridized carbons (Fsp3) is 0.481. The van der Waals surface area contributed by atoms with Crippen LogP contribution in [-0.2, 0) is 4.84 Å². The first-order chi connectivity index (χ1) is 15.5. The van der Waals surface area contributed by atoms with Crippen molar-refractivity contribution in [1.29, 1.82) is 0 Å². The molecule has 2 aliphatic rings. The summed E-state index contributed by atoms with van der Waals surface area (Å²) in [6.07, 6.45) is 4.79. The largest absolute Gasteiger partial charge is 0.493 e. The number of oxime groups is 1. The Labute approximate surface area is 191 Å². The first kappa shape index (κ1) is 22.4. The Balaban J connectivity index is 1.76. The van der Waals surface area contributed by atoms with E-state index in [1.165, 1.54) is 24.8 Å². The standard InChI is InChI=1S/C27H34N2O3/c1-17(2)16-32-29-18(3)19-9-8-10-20(13-19)27-23-15-26(31-5)25(30-4)14-22(23)21-11-6-7-12-24(21)28-27/h8-10,13-15,17,21,24H,6-7,11-12,16H2,1-5H3/b29-18+/t21-,24-/m1/s1. The van der Waals surface area contributed by atoms with Gasteiger partial charge in [0.1, 0.15) is 6.61 Å². The Morgan fingerprint density at radius 1 is 1.06 bits per heavy atom. The fourth-order valence-corrected chi connectivity index (χ4v) is 4.73. The van der Waals surface area contributed by atoms with E-state index >= 15 is 0 Å². The summed E-state index contributed by atoms with van der Waals surface area (Å²) in [5.41, 5.74) is 6.51. The second-order valence-corrected chi connectivity index (χ2v) is 9.18. The monoisotopic (exact) mass is 434 g/mol. The van der Waals surface area contributed by atoms with Gasteiger partial charge in [0.05, 0.1) is 31.7 Å². The molecular formula is C27H34N2O3. The van der Waals surface area contributed by atoms with Crippen LogP contribution < -0.4 is 9.47 Å². The highest BCUT2D eigenvalue weighted by molar-refractivity contribution is 6.16. The lowest BCUT2D eigenvalue weighted by Gasteiger charge is -2.35. The van der Waals surface area contributed by atoms with E-state index in [0.717, 1.165) is 46.0 Å². The molecule has 0 bridgehead atoms. The van der Waals surface area contributed by atoms with Crippen molar-refractivity contribution in [3.05, 3.63) is 58.7 Å². The first-order valence-electron chi connectivity index (χ1n) is 11.6. The van der Waals surface area contributed by atoms with Gasteiger partial charge in [-0.2, -0.15) is 0 Å². The third kappa shape index (κ3) is 4.52. The topological polar surface area (TPSA) is 52.4 Å². The molecule has 170 valence electrons. The summed E-state index contributed by atoms with van der Waals surface area (Å²) >= 11 is 0. The molecule has 1 fully saturated rings. The summed E-state index contributed by atoms with van der Waals surface area (Å²) in [5.74, 6) is 2.42. The van der Waals surface area contributed by atoms with Crippen LogP contribution in [-0.4, -0.2) is 38.3 Å². The lowest BCUT2D eigenvalue weighted by Crippen LogP contribution is -2.29. The molecule has 1 heterocycles. The first-order valence-corrected chi connectivity index (χ1v) is 11.6. The maximum absolute atomic E-state index is 5.63. The smallest absolute Gasteiger partial charge is 0.161 e. The minimum atomic E-state index is 0.317. The lowest BCUT2D eigenvalue weighted by atomic mass is 9.75. The molecule has 2 aromatic carbocycles. The van der Waals surface area contributed by atoms with Crippen molar-refractivity contribution in [2.24, 2.45) is 16.1 Å². The molecule has 32 heavy (non-hydrogen) atoms. The van der Waals surface area contributed by atoms with E-state index in [0.29, 0.717) is 24.5 Å². The summed E-state index contributed by atoms with van der Waals surface area (Å²) in [4.78, 5) is 10.8. The fourth-order valence-electron chi connectivity index (χ4n) is 4.73. The third-order valence-corrected chi connectivity index (χ3v) is 6.40. The van der Waals surface area contributed by atoms with E-state index in [1.807, 2.05) is 6.92 Å². The van der Waals surface area contributed by atoms with Gasteiger partial charge in [-0.05, 0) is 55.0 Å². The Morgan fingerprint density at radius 3 is 2.56 bits per heavy atom. The second kappa shape index (κ2) is 9.76. The number of aliphatic imine (C=N–C) groups is 1. The minimum Gasteiger partial charge on any atom is -0.493 e. The third-order valence-electron chi connectivity index (χ3n) is 6.40. The molecule has 0 aromatic heterocycles. The van der Waals surface area contributed by atoms with Crippen molar-refractivity contribution in [1.82, 2.24) is 0 Å². The van der Waals surface area contributed by atoms with E-state index in [2.05, 4.69) is 55.4 Å². The zero-order valence-electron chi connectivity index (χ0n) is 19.9. The molecule has 1 aliphatic carbocycles. The van der Waals surface area contributed by atoms with Crippen molar-refractivity contribution < 1.29 is 14.3 Å². The second-order valence-electron chi connectivity index (χ2n) is 9.18. The van der Waals surface area contributed by atoms with Crippen LogP contribution in [0.3, 0.4) is 0 Å². The van der Waals surface area contributed by atoms with Crippen LogP contribution in [0.5, 0.6) is 11.5 Å². The number of fused-ring (bicyclic) bond motifs is 3. The molecule has 1 saturated carbocycles. The summed E-state index contributed by atoms with van der Waals surface area (Å²) in [6, 6.07) is 13.0. The van der Waals surface area contributed by atoms with Gasteiger partial charge in [0.25, 0.3) is 0 Å². The zero-order valence-corrected chi connectivity index (χ0v) is 19.9. The van der Waals surface area contributed by atoms with Gasteiger partial charge in [0, 0.05) is 17.0 Å². The predicted octanol–water partition coefficient (Wildman–Crippen LogP) is 5.98. The van der Waals surface area contributed by atoms with E-state index in [9.17, 15) is 0 Å². The molecule has 2 atom stereocenters. The van der Waals surface area contributed by atoms with Crippen LogP contribution in [0.2, 0.25) is 0 Å². The Kier molecular flexibility index (Phi) is 6.83. The summed E-state index contributed by atoms with van der Waals surface area (Å²) in [5, 5.41) is 4.32. The lowest BCUT2D eigenvalue weighted by molar-refractivity contribution is 0.118. The molecule has 5 nitrogen and oxygen atoms in total. The number of rotatable bonds is 7. The maximum Gasteiger partial charge on any atom is 0.161 e. The van der Waals surface area contributed by atoms with Crippen LogP contribution in [0.15, 0.2) is 46.5 Å². The average molecular weight is 435 g/mol. The van der Waals surface area contributed by atoms with Crippen molar-refractivity contribution >= 4 is 11.4 Å². The van der Waals surface area contributed by atoms with E-state index in [-0.39, 0.29) is 0 Å². The van der Waals surface area contributed by atoms with Gasteiger partial charge < -0.3 is 14.3 Å². The molecule has 1 aliphatic heterocycles. The number of methoxy groups -OCH3 is 2. The SMILES string of the molecule is COc1cc2c(cc1OC)[C@H]1CCCC[C@H]1N=C2c1cccc(/C(C)=N/OCC(C)C)c1. The molecule has 0 radical (unpaired) electrons. The van der Waals surface area contributed by atoms with Crippen molar-refractivity contribution in [2.45, 2.75) is 58.4 Å². The molecule has 4 rings (SSSR count). The number of benzene rings is 2. The summed E-state index contributed by atoms with van der Waals surface area (Å²) in [6.45, 7) is 6.83. The van der Waals surface area contributed by atoms with Gasteiger partial charge in [-0.25, -0.2) is 0 Å². The van der Waals surface area contributed by atoms with Gasteiger partial charge in [-0.1, -0.05) is 50.0 Å². The molecular weight excluding hydrogens is 400 g/mol. The summed E-state index contributed by atoms with van der Waals surface area (Å²) < 4.78 is 11.3. The van der Waals surface area contributed by atoms with Crippen molar-refractivity contribution in [3.8, 4) is 11.5 Å². The van der Waals surface area contributed by atoms with Crippen LogP contribution in [0, 0.1) is 5.92 Å². The van der Waals surface area contributed by atoms with Crippen LogP contribution in [0.4, 0.5) is 0 Å². The van der Waals surface area contributed by atoms with Crippen LogP contribution in [0.25, 0.3) is 0 Å². The minimum absolute atomic E-state index is 0.317. The van der Waals surface area contributed by atoms with E-state index in [1.54, 1.807) is 14.2 Å². The zero-order chi connectivity index (χ0) is 22.7. The molecule has 2 aromatic rings. The quantitative estimate of drug-likeness (QED) is 0.398. The highest BCUT2D eigenvalue weighted by Crippen LogP contribution is 2.44. The summed E-state index contributed by atoms with van der Waals surface area (Å²) in [7, 11) is 3.39. The molecule has 5 heteroatoms. The van der Waals surface area contributed by atoms with E-state index in [4.69, 9.17) is 19.3 Å². The van der Waals surface area contributed by atoms with Gasteiger partial charge in [-0.15, -0.1) is 0 Å².